The molecule has 120 valence electrons. The van der Waals surface area contributed by atoms with E-state index in [0.717, 1.165) is 28.8 Å². The summed E-state index contributed by atoms with van der Waals surface area (Å²) >= 11 is 0. The number of aromatic nitrogens is 6. The molecule has 3 aromatic heterocycles. The largest absolute Gasteiger partial charge is 0.334 e. The summed E-state index contributed by atoms with van der Waals surface area (Å²) in [7, 11) is 1.89. The first kappa shape index (κ1) is 14.2. The van der Waals surface area contributed by atoms with E-state index in [9.17, 15) is 0 Å². The molecular formula is C16H21N7. The topological polar surface area (TPSA) is 72.9 Å². The van der Waals surface area contributed by atoms with Crippen LogP contribution in [0.5, 0.6) is 0 Å². The van der Waals surface area contributed by atoms with Crippen molar-refractivity contribution < 1.29 is 0 Å². The molecule has 1 N–H and O–H groups in total. The minimum Gasteiger partial charge on any atom is -0.334 e. The van der Waals surface area contributed by atoms with E-state index in [4.69, 9.17) is 4.98 Å². The molecule has 4 rings (SSSR count). The van der Waals surface area contributed by atoms with E-state index in [1.54, 1.807) is 17.2 Å². The number of hydrogen-bond acceptors (Lipinski definition) is 5. The van der Waals surface area contributed by atoms with Gasteiger partial charge in [-0.1, -0.05) is 19.8 Å². The average molecular weight is 311 g/mol. The third-order valence-corrected chi connectivity index (χ3v) is 4.68. The van der Waals surface area contributed by atoms with Gasteiger partial charge in [0.25, 0.3) is 0 Å². The molecule has 3 heterocycles. The Morgan fingerprint density at radius 1 is 1.13 bits per heavy atom. The molecule has 0 saturated heterocycles. The number of fused-ring (bicyclic) bond motifs is 1. The zero-order valence-electron chi connectivity index (χ0n) is 13.5. The molecule has 0 aliphatic heterocycles. The van der Waals surface area contributed by atoms with Crippen LogP contribution in [0.15, 0.2) is 24.9 Å². The summed E-state index contributed by atoms with van der Waals surface area (Å²) in [4.78, 5) is 9.17. The highest BCUT2D eigenvalue weighted by atomic mass is 15.3. The average Bonchev–Trinajstić information content (AvgIpc) is 3.17. The van der Waals surface area contributed by atoms with Crippen LogP contribution in [0.4, 0.5) is 11.5 Å². The number of rotatable bonds is 3. The van der Waals surface area contributed by atoms with Gasteiger partial charge in [0.15, 0.2) is 11.5 Å². The maximum Gasteiger partial charge on any atom is 0.198 e. The lowest BCUT2D eigenvalue weighted by atomic mass is 9.81. The molecule has 1 saturated carbocycles. The van der Waals surface area contributed by atoms with Gasteiger partial charge in [-0.05, 0) is 18.8 Å². The highest BCUT2D eigenvalue weighted by Crippen LogP contribution is 2.35. The van der Waals surface area contributed by atoms with Crippen LogP contribution >= 0.6 is 0 Å². The van der Waals surface area contributed by atoms with E-state index in [0.29, 0.717) is 5.92 Å². The molecule has 7 heteroatoms. The summed E-state index contributed by atoms with van der Waals surface area (Å²) in [5.74, 6) is 2.08. The Hall–Kier alpha value is -2.44. The molecule has 3 aromatic rings. The fourth-order valence-electron chi connectivity index (χ4n) is 3.31. The Balaban J connectivity index is 1.69. The van der Waals surface area contributed by atoms with Gasteiger partial charge >= 0.3 is 0 Å². The normalized spacial score (nSPS) is 21.7. The molecule has 0 unspecified atom stereocenters. The second-order valence-electron chi connectivity index (χ2n) is 6.53. The van der Waals surface area contributed by atoms with E-state index in [-0.39, 0.29) is 0 Å². The van der Waals surface area contributed by atoms with Gasteiger partial charge in [0, 0.05) is 19.2 Å². The van der Waals surface area contributed by atoms with Crippen LogP contribution < -0.4 is 5.32 Å². The van der Waals surface area contributed by atoms with Gasteiger partial charge in [-0.25, -0.2) is 14.5 Å². The predicted molar refractivity (Wildman–Crippen MR) is 87.6 cm³/mol. The number of anilines is 2. The minimum absolute atomic E-state index is 0.509. The number of aryl methyl sites for hydroxylation is 1. The lowest BCUT2D eigenvalue weighted by Crippen LogP contribution is -2.14. The first-order valence-electron chi connectivity index (χ1n) is 8.15. The fourth-order valence-corrected chi connectivity index (χ4v) is 3.31. The van der Waals surface area contributed by atoms with Crippen molar-refractivity contribution in [2.45, 2.75) is 38.5 Å². The van der Waals surface area contributed by atoms with Gasteiger partial charge in [-0.2, -0.15) is 10.2 Å². The molecule has 0 radical (unpaired) electrons. The molecule has 0 bridgehead atoms. The third-order valence-electron chi connectivity index (χ3n) is 4.68. The van der Waals surface area contributed by atoms with E-state index < -0.39 is 0 Å². The minimum atomic E-state index is 0.509. The molecule has 0 atom stereocenters. The standard InChI is InChI=1S/C16H21N7/c1-11-3-5-12(6-4-11)14-9-23-16(17-10-19-23)15(21-14)20-13-7-18-22(2)8-13/h7-12H,3-6H2,1-2H3,(H,20,21). The molecular weight excluding hydrogens is 290 g/mol. The van der Waals surface area contributed by atoms with Crippen molar-refractivity contribution >= 4 is 17.2 Å². The number of hydrogen-bond donors (Lipinski definition) is 1. The van der Waals surface area contributed by atoms with E-state index in [2.05, 4.69) is 27.4 Å². The number of nitrogens with one attached hydrogen (secondary N) is 1. The Kier molecular flexibility index (Phi) is 3.48. The summed E-state index contributed by atoms with van der Waals surface area (Å²) in [6, 6.07) is 0. The molecule has 1 fully saturated rings. The van der Waals surface area contributed by atoms with Crippen LogP contribution in [0.1, 0.15) is 44.2 Å². The van der Waals surface area contributed by atoms with Crippen LogP contribution in [0, 0.1) is 5.92 Å². The molecule has 0 spiro atoms. The summed E-state index contributed by atoms with van der Waals surface area (Å²) < 4.78 is 3.58. The smallest absolute Gasteiger partial charge is 0.198 e. The van der Waals surface area contributed by atoms with Crippen LogP contribution in [0.3, 0.4) is 0 Å². The zero-order chi connectivity index (χ0) is 15.8. The van der Waals surface area contributed by atoms with E-state index in [1.807, 2.05) is 24.0 Å². The van der Waals surface area contributed by atoms with Gasteiger partial charge < -0.3 is 5.32 Å². The maximum absolute atomic E-state index is 4.85. The van der Waals surface area contributed by atoms with Crippen molar-refractivity contribution in [3.63, 3.8) is 0 Å². The SMILES string of the molecule is CC1CCC(c2cn3ncnc3c(Nc3cnn(C)c3)n2)CC1. The second kappa shape index (κ2) is 5.64. The molecule has 1 aliphatic rings. The second-order valence-corrected chi connectivity index (χ2v) is 6.53. The summed E-state index contributed by atoms with van der Waals surface area (Å²) in [6.45, 7) is 2.33. The van der Waals surface area contributed by atoms with E-state index >= 15 is 0 Å². The van der Waals surface area contributed by atoms with Crippen LogP contribution in [-0.2, 0) is 7.05 Å². The first-order chi connectivity index (χ1) is 11.2. The molecule has 0 aromatic carbocycles. The van der Waals surface area contributed by atoms with Gasteiger partial charge in [-0.15, -0.1) is 0 Å². The van der Waals surface area contributed by atoms with Gasteiger partial charge in [-0.3, -0.25) is 4.68 Å². The van der Waals surface area contributed by atoms with Crippen molar-refractivity contribution in [2.24, 2.45) is 13.0 Å². The van der Waals surface area contributed by atoms with Gasteiger partial charge in [0.2, 0.25) is 0 Å². The molecule has 0 amide bonds. The summed E-state index contributed by atoms with van der Waals surface area (Å²) in [6.07, 6.45) is 12.2. The van der Waals surface area contributed by atoms with Crippen LogP contribution in [0.2, 0.25) is 0 Å². The van der Waals surface area contributed by atoms with Crippen LogP contribution in [-0.4, -0.2) is 29.4 Å². The highest BCUT2D eigenvalue weighted by molar-refractivity contribution is 5.68. The zero-order valence-corrected chi connectivity index (χ0v) is 13.5. The Morgan fingerprint density at radius 3 is 2.70 bits per heavy atom. The Labute approximate surface area is 134 Å². The summed E-state index contributed by atoms with van der Waals surface area (Å²) in [5, 5.41) is 11.8. The maximum atomic E-state index is 4.85. The van der Waals surface area contributed by atoms with Crippen molar-refractivity contribution in [3.05, 3.63) is 30.6 Å². The van der Waals surface area contributed by atoms with E-state index in [1.165, 1.54) is 25.7 Å². The van der Waals surface area contributed by atoms with Crippen molar-refractivity contribution in [2.75, 3.05) is 5.32 Å². The first-order valence-corrected chi connectivity index (χ1v) is 8.15. The predicted octanol–water partition coefficient (Wildman–Crippen LogP) is 2.90. The molecule has 23 heavy (non-hydrogen) atoms. The number of nitrogens with zero attached hydrogens (tertiary/aromatic N) is 6. The monoisotopic (exact) mass is 311 g/mol. The Morgan fingerprint density at radius 2 is 1.96 bits per heavy atom. The summed E-state index contributed by atoms with van der Waals surface area (Å²) in [5.41, 5.74) is 2.74. The highest BCUT2D eigenvalue weighted by Gasteiger charge is 2.22. The quantitative estimate of drug-likeness (QED) is 0.805. The lowest BCUT2D eigenvalue weighted by Gasteiger charge is -2.25. The van der Waals surface area contributed by atoms with Gasteiger partial charge in [0.05, 0.1) is 23.8 Å². The van der Waals surface area contributed by atoms with Crippen molar-refractivity contribution in [3.8, 4) is 0 Å². The van der Waals surface area contributed by atoms with Crippen molar-refractivity contribution in [1.82, 2.24) is 29.4 Å². The van der Waals surface area contributed by atoms with Crippen LogP contribution in [0.25, 0.3) is 5.65 Å². The fraction of sp³-hybridized carbons (Fsp3) is 0.500. The Bertz CT molecular complexity index is 811. The van der Waals surface area contributed by atoms with Gasteiger partial charge in [0.1, 0.15) is 6.33 Å². The lowest BCUT2D eigenvalue weighted by molar-refractivity contribution is 0.343. The molecule has 1 aliphatic carbocycles. The third kappa shape index (κ3) is 2.78. The molecule has 7 nitrogen and oxygen atoms in total. The van der Waals surface area contributed by atoms with Crippen molar-refractivity contribution in [1.29, 1.82) is 0 Å².